The van der Waals surface area contributed by atoms with E-state index in [0.717, 1.165) is 18.2 Å². The van der Waals surface area contributed by atoms with Crippen LogP contribution in [-0.4, -0.2) is 50.3 Å². The maximum Gasteiger partial charge on any atom is 0.319 e. The quantitative estimate of drug-likeness (QED) is 0.493. The van der Waals surface area contributed by atoms with Crippen molar-refractivity contribution >= 4 is 34.8 Å². The van der Waals surface area contributed by atoms with Crippen LogP contribution in [0.15, 0.2) is 30.5 Å². The Hall–Kier alpha value is -3.12. The number of fused-ring (bicyclic) bond motifs is 1. The van der Waals surface area contributed by atoms with Crippen LogP contribution in [0.25, 0.3) is 5.65 Å². The Morgan fingerprint density at radius 3 is 2.76 bits per heavy atom. The molecule has 174 valence electrons. The molecule has 3 atom stereocenters. The summed E-state index contributed by atoms with van der Waals surface area (Å²) in [7, 11) is 0. The summed E-state index contributed by atoms with van der Waals surface area (Å²) in [5.41, 5.74) is 0.172. The van der Waals surface area contributed by atoms with Crippen LogP contribution in [0.1, 0.15) is 24.4 Å². The number of hydrogen-bond acceptors (Lipinski definition) is 5. The van der Waals surface area contributed by atoms with Gasteiger partial charge in [0.15, 0.2) is 10.8 Å². The summed E-state index contributed by atoms with van der Waals surface area (Å²) < 4.78 is 55.6. The third-order valence-corrected chi connectivity index (χ3v) is 5.95. The first-order valence-electron chi connectivity index (χ1n) is 10.0. The van der Waals surface area contributed by atoms with Crippen molar-refractivity contribution in [2.24, 2.45) is 0 Å². The van der Waals surface area contributed by atoms with Crippen molar-refractivity contribution in [1.29, 1.82) is 0 Å². The number of nitrogens with zero attached hydrogens (tertiary/aromatic N) is 4. The number of aromatic nitrogens is 3. The highest BCUT2D eigenvalue weighted by Gasteiger charge is 2.58. The molecule has 2 fully saturated rings. The van der Waals surface area contributed by atoms with Crippen molar-refractivity contribution in [1.82, 2.24) is 19.9 Å². The van der Waals surface area contributed by atoms with Crippen molar-refractivity contribution in [2.75, 3.05) is 16.8 Å². The fraction of sp³-hybridized carbons (Fsp3) is 0.350. The number of hydrogen-bond donors (Lipinski definition) is 3. The van der Waals surface area contributed by atoms with Crippen LogP contribution in [0.3, 0.4) is 0 Å². The van der Waals surface area contributed by atoms with Crippen LogP contribution in [0.5, 0.6) is 0 Å². The molecule has 2 aromatic heterocycles. The van der Waals surface area contributed by atoms with E-state index in [2.05, 4.69) is 20.7 Å². The van der Waals surface area contributed by atoms with E-state index in [1.165, 1.54) is 10.7 Å². The van der Waals surface area contributed by atoms with Gasteiger partial charge in [0.25, 0.3) is 5.92 Å². The average Bonchev–Trinajstić information content (AvgIpc) is 3.05. The molecule has 3 aromatic rings. The number of benzene rings is 1. The SMILES string of the molecule is O=C(Nc1c(Cl)nn2ccc(N3C[C@@H](O)C[C@@H]3c3cc(F)ccc3F)nc12)NC1CC1(F)F. The highest BCUT2D eigenvalue weighted by molar-refractivity contribution is 6.33. The Morgan fingerprint density at radius 2 is 2.03 bits per heavy atom. The van der Waals surface area contributed by atoms with Gasteiger partial charge in [-0.2, -0.15) is 5.10 Å². The Balaban J connectivity index is 1.46. The van der Waals surface area contributed by atoms with Crippen LogP contribution >= 0.6 is 11.6 Å². The van der Waals surface area contributed by atoms with Crippen LogP contribution in [-0.2, 0) is 0 Å². The highest BCUT2D eigenvalue weighted by Crippen LogP contribution is 2.42. The first-order chi connectivity index (χ1) is 15.6. The normalized spacial score (nSPS) is 23.7. The molecular formula is C20H17ClF4N6O2. The van der Waals surface area contributed by atoms with E-state index in [1.807, 2.05) is 0 Å². The summed E-state index contributed by atoms with van der Waals surface area (Å²) >= 11 is 6.11. The van der Waals surface area contributed by atoms with Crippen LogP contribution in [0.2, 0.25) is 5.15 Å². The number of aliphatic hydroxyl groups excluding tert-OH is 1. The molecule has 1 unspecified atom stereocenters. The van der Waals surface area contributed by atoms with Crippen molar-refractivity contribution in [3.8, 4) is 0 Å². The number of alkyl halides is 2. The summed E-state index contributed by atoms with van der Waals surface area (Å²) in [5.74, 6) is -3.88. The lowest BCUT2D eigenvalue weighted by atomic mass is 10.0. The third-order valence-electron chi connectivity index (χ3n) is 5.69. The van der Waals surface area contributed by atoms with E-state index in [-0.39, 0.29) is 35.0 Å². The molecule has 3 N–H and O–H groups in total. The zero-order chi connectivity index (χ0) is 23.5. The number of anilines is 2. The molecule has 2 aliphatic rings. The van der Waals surface area contributed by atoms with E-state index in [1.54, 1.807) is 11.0 Å². The van der Waals surface area contributed by atoms with Gasteiger partial charge in [-0.15, -0.1) is 0 Å². The number of β-amino-alcohol motifs (C(OH)–C–C–N with tert-alkyl or cyclic N) is 1. The predicted molar refractivity (Wildman–Crippen MR) is 111 cm³/mol. The van der Waals surface area contributed by atoms with Crippen molar-refractivity contribution < 1.29 is 27.5 Å². The Kier molecular flexibility index (Phi) is 5.09. The molecular weight excluding hydrogens is 468 g/mol. The number of nitrogens with one attached hydrogen (secondary N) is 2. The molecule has 33 heavy (non-hydrogen) atoms. The molecule has 2 amide bonds. The fourth-order valence-corrected chi connectivity index (χ4v) is 4.18. The highest BCUT2D eigenvalue weighted by atomic mass is 35.5. The van der Waals surface area contributed by atoms with Gasteiger partial charge in [0, 0.05) is 24.7 Å². The number of carbonyl (C=O) groups is 1. The Morgan fingerprint density at radius 1 is 1.27 bits per heavy atom. The lowest BCUT2D eigenvalue weighted by Crippen LogP contribution is -2.33. The summed E-state index contributed by atoms with van der Waals surface area (Å²) in [4.78, 5) is 18.2. The van der Waals surface area contributed by atoms with Crippen LogP contribution < -0.4 is 15.5 Å². The number of aliphatic hydroxyl groups is 1. The molecule has 8 nitrogen and oxygen atoms in total. The lowest BCUT2D eigenvalue weighted by molar-refractivity contribution is 0.108. The van der Waals surface area contributed by atoms with E-state index >= 15 is 0 Å². The maximum absolute atomic E-state index is 14.4. The Labute approximate surface area is 189 Å². The van der Waals surface area contributed by atoms with Crippen LogP contribution in [0.4, 0.5) is 33.9 Å². The van der Waals surface area contributed by atoms with Gasteiger partial charge in [0.2, 0.25) is 0 Å². The van der Waals surface area contributed by atoms with Crippen molar-refractivity contribution in [2.45, 2.75) is 37.0 Å². The van der Waals surface area contributed by atoms with Gasteiger partial charge in [0.05, 0.1) is 12.1 Å². The smallest absolute Gasteiger partial charge is 0.319 e. The maximum atomic E-state index is 14.4. The Bertz CT molecular complexity index is 1250. The molecule has 1 aromatic carbocycles. The number of halogens is 5. The summed E-state index contributed by atoms with van der Waals surface area (Å²) in [6, 6.07) is 1.81. The molecule has 1 aliphatic heterocycles. The van der Waals surface area contributed by atoms with Gasteiger partial charge in [-0.05, 0) is 30.7 Å². The zero-order valence-corrected chi connectivity index (χ0v) is 17.5. The standard InChI is InChI=1S/C20H17ClF4N6O2/c21-17-16(28-19(33)26-14-7-20(14,24)25)18-27-15(3-4-31(18)29-17)30-8-10(32)6-13(30)11-5-9(22)1-2-12(11)23/h1-5,10,13-14,32H,6-8H2,(H2,26,28,33)/t10-,13+,14?/m0/s1. The first kappa shape index (κ1) is 21.7. The van der Waals surface area contributed by atoms with Crippen molar-refractivity contribution in [3.63, 3.8) is 0 Å². The number of amides is 2. The topological polar surface area (TPSA) is 94.8 Å². The average molecular weight is 485 g/mol. The van der Waals surface area contributed by atoms with Gasteiger partial charge in [-0.25, -0.2) is 31.9 Å². The molecule has 1 aliphatic carbocycles. The molecule has 3 heterocycles. The van der Waals surface area contributed by atoms with Gasteiger partial charge in [-0.3, -0.25) is 0 Å². The number of urea groups is 1. The van der Waals surface area contributed by atoms with E-state index in [4.69, 9.17) is 11.6 Å². The van der Waals surface area contributed by atoms with Gasteiger partial charge in [-0.1, -0.05) is 11.6 Å². The minimum Gasteiger partial charge on any atom is -0.391 e. The molecule has 13 heteroatoms. The monoisotopic (exact) mass is 484 g/mol. The summed E-state index contributed by atoms with van der Waals surface area (Å²) in [5, 5.41) is 18.7. The van der Waals surface area contributed by atoms with E-state index in [0.29, 0.717) is 5.82 Å². The molecule has 5 rings (SSSR count). The number of rotatable bonds is 4. The minimum atomic E-state index is -2.94. The van der Waals surface area contributed by atoms with E-state index < -0.39 is 48.2 Å². The molecule has 1 saturated carbocycles. The second-order valence-electron chi connectivity index (χ2n) is 8.06. The van der Waals surface area contributed by atoms with Gasteiger partial charge in [0.1, 0.15) is 29.2 Å². The summed E-state index contributed by atoms with van der Waals surface area (Å²) in [6.45, 7) is 0.103. The summed E-state index contributed by atoms with van der Waals surface area (Å²) in [6.07, 6.45) is 0.385. The van der Waals surface area contributed by atoms with E-state index in [9.17, 15) is 27.5 Å². The molecule has 0 bridgehead atoms. The second-order valence-corrected chi connectivity index (χ2v) is 8.42. The fourth-order valence-electron chi connectivity index (χ4n) is 3.97. The second kappa shape index (κ2) is 7.73. The first-order valence-corrected chi connectivity index (χ1v) is 10.4. The van der Waals surface area contributed by atoms with Crippen LogP contribution in [0, 0.1) is 11.6 Å². The largest absolute Gasteiger partial charge is 0.391 e. The zero-order valence-electron chi connectivity index (χ0n) is 16.8. The third kappa shape index (κ3) is 4.04. The van der Waals surface area contributed by atoms with Gasteiger partial charge >= 0.3 is 6.03 Å². The van der Waals surface area contributed by atoms with Crippen molar-refractivity contribution in [3.05, 3.63) is 52.8 Å². The molecule has 1 saturated heterocycles. The molecule has 0 spiro atoms. The minimum absolute atomic E-state index is 0.00628. The molecule has 0 radical (unpaired) electrons. The predicted octanol–water partition coefficient (Wildman–Crippen LogP) is 3.50. The van der Waals surface area contributed by atoms with Gasteiger partial charge < -0.3 is 20.6 Å². The lowest BCUT2D eigenvalue weighted by Gasteiger charge is -2.26. The number of carbonyl (C=O) groups excluding carboxylic acids is 1.